The first-order valence-electron chi connectivity index (χ1n) is 7.43. The third kappa shape index (κ3) is 4.29. The summed E-state index contributed by atoms with van der Waals surface area (Å²) in [6.45, 7) is 8.01. The summed E-state index contributed by atoms with van der Waals surface area (Å²) >= 11 is 0. The van der Waals surface area contributed by atoms with Gasteiger partial charge in [-0.25, -0.2) is 4.39 Å². The highest BCUT2D eigenvalue weighted by molar-refractivity contribution is 5.19. The van der Waals surface area contributed by atoms with Crippen LogP contribution in [0.4, 0.5) is 4.39 Å². The molecule has 0 spiro atoms. The molecule has 1 aliphatic heterocycles. The second-order valence-electron chi connectivity index (χ2n) is 5.56. The Morgan fingerprint density at radius 1 is 1.26 bits per heavy atom. The van der Waals surface area contributed by atoms with Crippen LogP contribution in [0.25, 0.3) is 0 Å². The quantitative estimate of drug-likeness (QED) is 0.877. The van der Waals surface area contributed by atoms with Gasteiger partial charge in [0.25, 0.3) is 0 Å². The predicted molar refractivity (Wildman–Crippen MR) is 77.7 cm³/mol. The smallest absolute Gasteiger partial charge is 0.123 e. The number of piperidine rings is 1. The molecular weight excluding hydrogens is 239 g/mol. The Balaban J connectivity index is 1.80. The first kappa shape index (κ1) is 14.5. The number of hydrogen-bond acceptors (Lipinski definition) is 2. The van der Waals surface area contributed by atoms with Gasteiger partial charge in [-0.05, 0) is 63.5 Å². The van der Waals surface area contributed by atoms with Crippen LogP contribution >= 0.6 is 0 Å². The van der Waals surface area contributed by atoms with E-state index in [4.69, 9.17) is 0 Å². The van der Waals surface area contributed by atoms with Crippen molar-refractivity contribution >= 4 is 0 Å². The lowest BCUT2D eigenvalue weighted by atomic mass is 10.0. The van der Waals surface area contributed by atoms with E-state index in [2.05, 4.69) is 24.1 Å². The Morgan fingerprint density at radius 2 is 1.89 bits per heavy atom. The van der Waals surface area contributed by atoms with Crippen LogP contribution in [0.2, 0.25) is 0 Å². The molecule has 1 fully saturated rings. The van der Waals surface area contributed by atoms with Gasteiger partial charge in [0.15, 0.2) is 0 Å². The van der Waals surface area contributed by atoms with Crippen molar-refractivity contribution in [3.05, 3.63) is 35.6 Å². The summed E-state index contributed by atoms with van der Waals surface area (Å²) in [4.78, 5) is 2.54. The van der Waals surface area contributed by atoms with Crippen molar-refractivity contribution in [3.63, 3.8) is 0 Å². The SMILES string of the molecule is CCCN1CCC(NC(C)c2ccc(F)cc2)CC1. The maximum atomic E-state index is 12.9. The van der Waals surface area contributed by atoms with Crippen LogP contribution in [0.3, 0.4) is 0 Å². The number of nitrogens with one attached hydrogen (secondary N) is 1. The Kier molecular flexibility index (Phi) is 5.34. The number of benzene rings is 1. The monoisotopic (exact) mass is 264 g/mol. The van der Waals surface area contributed by atoms with Crippen LogP contribution in [0.15, 0.2) is 24.3 Å². The summed E-state index contributed by atoms with van der Waals surface area (Å²) in [5.74, 6) is -0.163. The molecule has 1 heterocycles. The normalized spacial score (nSPS) is 19.5. The van der Waals surface area contributed by atoms with E-state index in [1.54, 1.807) is 0 Å². The van der Waals surface area contributed by atoms with Crippen LogP contribution in [0, 0.1) is 5.82 Å². The zero-order chi connectivity index (χ0) is 13.7. The molecule has 1 aliphatic rings. The van der Waals surface area contributed by atoms with Gasteiger partial charge in [0.2, 0.25) is 0 Å². The molecular formula is C16H25FN2. The van der Waals surface area contributed by atoms with Crippen LogP contribution in [-0.4, -0.2) is 30.6 Å². The summed E-state index contributed by atoms with van der Waals surface area (Å²) in [6, 6.07) is 7.71. The number of nitrogens with zero attached hydrogens (tertiary/aromatic N) is 1. The molecule has 0 radical (unpaired) electrons. The fourth-order valence-electron chi connectivity index (χ4n) is 2.84. The largest absolute Gasteiger partial charge is 0.307 e. The van der Waals surface area contributed by atoms with Crippen LogP contribution in [-0.2, 0) is 0 Å². The second kappa shape index (κ2) is 7.01. The van der Waals surface area contributed by atoms with Gasteiger partial charge in [0.1, 0.15) is 5.82 Å². The lowest BCUT2D eigenvalue weighted by Crippen LogP contribution is -2.43. The summed E-state index contributed by atoms with van der Waals surface area (Å²) < 4.78 is 12.9. The van der Waals surface area contributed by atoms with Crippen LogP contribution < -0.4 is 5.32 Å². The fraction of sp³-hybridized carbons (Fsp3) is 0.625. The van der Waals surface area contributed by atoms with E-state index in [0.29, 0.717) is 12.1 Å². The molecule has 0 bridgehead atoms. The minimum Gasteiger partial charge on any atom is -0.307 e. The summed E-state index contributed by atoms with van der Waals surface area (Å²) in [5.41, 5.74) is 1.16. The van der Waals surface area contributed by atoms with E-state index in [-0.39, 0.29) is 5.82 Å². The molecule has 0 aliphatic carbocycles. The van der Waals surface area contributed by atoms with Crippen molar-refractivity contribution in [1.29, 1.82) is 0 Å². The molecule has 106 valence electrons. The number of likely N-dealkylation sites (tertiary alicyclic amines) is 1. The van der Waals surface area contributed by atoms with E-state index in [1.807, 2.05) is 12.1 Å². The Hall–Kier alpha value is -0.930. The fourth-order valence-corrected chi connectivity index (χ4v) is 2.84. The van der Waals surface area contributed by atoms with Gasteiger partial charge in [0.05, 0.1) is 0 Å². The number of halogens is 1. The molecule has 0 aromatic heterocycles. The highest BCUT2D eigenvalue weighted by Gasteiger charge is 2.20. The molecule has 0 saturated carbocycles. The van der Waals surface area contributed by atoms with Gasteiger partial charge in [-0.2, -0.15) is 0 Å². The van der Waals surface area contributed by atoms with Crippen LogP contribution in [0.5, 0.6) is 0 Å². The van der Waals surface area contributed by atoms with Crippen molar-refractivity contribution in [2.75, 3.05) is 19.6 Å². The zero-order valence-corrected chi connectivity index (χ0v) is 12.0. The maximum absolute atomic E-state index is 12.9. The van der Waals surface area contributed by atoms with E-state index in [1.165, 1.54) is 51.0 Å². The molecule has 2 nitrogen and oxygen atoms in total. The number of rotatable bonds is 5. The molecule has 2 rings (SSSR count). The van der Waals surface area contributed by atoms with E-state index >= 15 is 0 Å². The molecule has 1 N–H and O–H groups in total. The van der Waals surface area contributed by atoms with Crippen molar-refractivity contribution in [3.8, 4) is 0 Å². The molecule has 1 saturated heterocycles. The molecule has 0 amide bonds. The van der Waals surface area contributed by atoms with Crippen molar-refractivity contribution < 1.29 is 4.39 Å². The van der Waals surface area contributed by atoms with Crippen molar-refractivity contribution in [1.82, 2.24) is 10.2 Å². The summed E-state index contributed by atoms with van der Waals surface area (Å²) in [6.07, 6.45) is 3.67. The average Bonchev–Trinajstić information content (AvgIpc) is 2.42. The highest BCUT2D eigenvalue weighted by Crippen LogP contribution is 2.17. The van der Waals surface area contributed by atoms with Gasteiger partial charge in [-0.1, -0.05) is 19.1 Å². The molecule has 19 heavy (non-hydrogen) atoms. The Labute approximate surface area is 116 Å². The van der Waals surface area contributed by atoms with E-state index in [0.717, 1.165) is 5.56 Å². The lowest BCUT2D eigenvalue weighted by Gasteiger charge is -2.33. The van der Waals surface area contributed by atoms with E-state index < -0.39 is 0 Å². The Morgan fingerprint density at radius 3 is 2.47 bits per heavy atom. The molecule has 1 unspecified atom stereocenters. The predicted octanol–water partition coefficient (Wildman–Crippen LogP) is 3.35. The minimum absolute atomic E-state index is 0.163. The topological polar surface area (TPSA) is 15.3 Å². The molecule has 1 aromatic carbocycles. The standard InChI is InChI=1S/C16H25FN2/c1-3-10-19-11-8-16(9-12-19)18-13(2)14-4-6-15(17)7-5-14/h4-7,13,16,18H,3,8-12H2,1-2H3. The zero-order valence-electron chi connectivity index (χ0n) is 12.0. The first-order chi connectivity index (χ1) is 9.19. The molecule has 1 atom stereocenters. The second-order valence-corrected chi connectivity index (χ2v) is 5.56. The minimum atomic E-state index is -0.163. The van der Waals surface area contributed by atoms with E-state index in [9.17, 15) is 4.39 Å². The molecule has 1 aromatic rings. The lowest BCUT2D eigenvalue weighted by molar-refractivity contribution is 0.192. The third-order valence-electron chi connectivity index (χ3n) is 3.98. The van der Waals surface area contributed by atoms with Crippen molar-refractivity contribution in [2.24, 2.45) is 0 Å². The van der Waals surface area contributed by atoms with Crippen LogP contribution in [0.1, 0.15) is 44.7 Å². The van der Waals surface area contributed by atoms with Gasteiger partial charge in [0, 0.05) is 12.1 Å². The maximum Gasteiger partial charge on any atom is 0.123 e. The first-order valence-corrected chi connectivity index (χ1v) is 7.43. The molecule has 3 heteroatoms. The van der Waals surface area contributed by atoms with Crippen molar-refractivity contribution in [2.45, 2.75) is 45.2 Å². The third-order valence-corrected chi connectivity index (χ3v) is 3.98. The number of hydrogen-bond donors (Lipinski definition) is 1. The summed E-state index contributed by atoms with van der Waals surface area (Å²) in [7, 11) is 0. The van der Waals surface area contributed by atoms with Gasteiger partial charge in [-0.3, -0.25) is 0 Å². The van der Waals surface area contributed by atoms with Gasteiger partial charge >= 0.3 is 0 Å². The van der Waals surface area contributed by atoms with Gasteiger partial charge < -0.3 is 10.2 Å². The highest BCUT2D eigenvalue weighted by atomic mass is 19.1. The summed E-state index contributed by atoms with van der Waals surface area (Å²) in [5, 5.41) is 3.67. The van der Waals surface area contributed by atoms with Gasteiger partial charge in [-0.15, -0.1) is 0 Å². The average molecular weight is 264 g/mol. The Bertz CT molecular complexity index is 369.